The molecule has 0 aliphatic carbocycles. The zero-order valence-electron chi connectivity index (χ0n) is 15.1. The van der Waals surface area contributed by atoms with Crippen molar-refractivity contribution in [3.05, 3.63) is 56.0 Å². The van der Waals surface area contributed by atoms with E-state index in [0.29, 0.717) is 12.3 Å². The Morgan fingerprint density at radius 1 is 1.19 bits per heavy atom. The number of nitro groups is 1. The van der Waals surface area contributed by atoms with E-state index in [1.807, 2.05) is 13.0 Å². The molecule has 0 saturated carbocycles. The van der Waals surface area contributed by atoms with E-state index in [9.17, 15) is 14.9 Å². The highest BCUT2D eigenvalue weighted by molar-refractivity contribution is 9.10. The Balaban J connectivity index is 2.38. The topological polar surface area (TPSA) is 99.9 Å². The highest BCUT2D eigenvalue weighted by atomic mass is 79.9. The third-order valence-corrected chi connectivity index (χ3v) is 4.20. The molecular weight excluding hydrogens is 420 g/mol. The molecule has 0 aromatic heterocycles. The van der Waals surface area contributed by atoms with Crippen molar-refractivity contribution in [1.29, 1.82) is 0 Å². The van der Waals surface area contributed by atoms with Gasteiger partial charge in [-0.2, -0.15) is 0 Å². The number of hydrogen-bond acceptors (Lipinski definition) is 6. The quantitative estimate of drug-likeness (QED) is 0.380. The van der Waals surface area contributed by atoms with Crippen LogP contribution in [-0.4, -0.2) is 38.3 Å². The third-order valence-electron chi connectivity index (χ3n) is 3.70. The molecule has 1 amide bonds. The van der Waals surface area contributed by atoms with Gasteiger partial charge in [-0.1, -0.05) is 15.9 Å². The molecule has 0 aliphatic heterocycles. The lowest BCUT2D eigenvalue weighted by molar-refractivity contribution is -0.385. The summed E-state index contributed by atoms with van der Waals surface area (Å²) in [7, 11) is 2.91. The smallest absolute Gasteiger partial charge is 0.286 e. The van der Waals surface area contributed by atoms with Gasteiger partial charge in [-0.15, -0.1) is 0 Å². The minimum absolute atomic E-state index is 0.127. The summed E-state index contributed by atoms with van der Waals surface area (Å²) in [6.07, 6.45) is 0. The Morgan fingerprint density at radius 3 is 2.52 bits per heavy atom. The van der Waals surface area contributed by atoms with Crippen molar-refractivity contribution in [3.8, 4) is 11.5 Å². The molecule has 2 aromatic rings. The number of methoxy groups -OCH3 is 2. The lowest BCUT2D eigenvalue weighted by Crippen LogP contribution is -2.15. The number of aryl methyl sites for hydroxylation is 1. The van der Waals surface area contributed by atoms with Gasteiger partial charge in [-0.3, -0.25) is 14.9 Å². The number of nitrogens with zero attached hydrogens (tertiary/aromatic N) is 1. The number of rotatable bonds is 8. The summed E-state index contributed by atoms with van der Waals surface area (Å²) in [4.78, 5) is 23.5. The molecule has 0 unspecified atom stereocenters. The highest BCUT2D eigenvalue weighted by Gasteiger charge is 2.25. The van der Waals surface area contributed by atoms with Gasteiger partial charge in [0, 0.05) is 23.3 Å². The van der Waals surface area contributed by atoms with Crippen molar-refractivity contribution < 1.29 is 23.9 Å². The summed E-state index contributed by atoms with van der Waals surface area (Å²) in [5.74, 6) is -0.235. The second kappa shape index (κ2) is 9.33. The third kappa shape index (κ3) is 5.18. The molecule has 0 heterocycles. The van der Waals surface area contributed by atoms with Gasteiger partial charge in [0.2, 0.25) is 0 Å². The van der Waals surface area contributed by atoms with Crippen LogP contribution in [0, 0.1) is 17.0 Å². The SMILES string of the molecule is COCCOc1cc([N+](=O)[O-])c(C(=O)Nc2ccc(Br)cc2C)cc1OC. The monoisotopic (exact) mass is 438 g/mol. The molecular formula is C18H19BrN2O6. The second-order valence-corrected chi connectivity index (χ2v) is 6.45. The van der Waals surface area contributed by atoms with E-state index in [-0.39, 0.29) is 29.4 Å². The number of amides is 1. The van der Waals surface area contributed by atoms with Crippen LogP contribution in [0.4, 0.5) is 11.4 Å². The summed E-state index contributed by atoms with van der Waals surface area (Å²) in [5.41, 5.74) is 0.859. The summed E-state index contributed by atoms with van der Waals surface area (Å²) in [5, 5.41) is 14.2. The minimum atomic E-state index is -0.633. The van der Waals surface area contributed by atoms with Gasteiger partial charge in [0.1, 0.15) is 12.2 Å². The van der Waals surface area contributed by atoms with Gasteiger partial charge >= 0.3 is 0 Å². The minimum Gasteiger partial charge on any atom is -0.493 e. The fourth-order valence-electron chi connectivity index (χ4n) is 2.35. The Labute approximate surface area is 164 Å². The van der Waals surface area contributed by atoms with Crippen LogP contribution in [0.25, 0.3) is 0 Å². The highest BCUT2D eigenvalue weighted by Crippen LogP contribution is 2.35. The van der Waals surface area contributed by atoms with Crippen LogP contribution < -0.4 is 14.8 Å². The van der Waals surface area contributed by atoms with Crippen molar-refractivity contribution in [2.75, 3.05) is 32.8 Å². The molecule has 2 rings (SSSR count). The maximum absolute atomic E-state index is 12.7. The van der Waals surface area contributed by atoms with Gasteiger partial charge < -0.3 is 19.5 Å². The van der Waals surface area contributed by atoms with Crippen LogP contribution in [0.2, 0.25) is 0 Å². The number of anilines is 1. The zero-order valence-corrected chi connectivity index (χ0v) is 16.7. The summed E-state index contributed by atoms with van der Waals surface area (Å²) in [6.45, 7) is 2.32. The predicted octanol–water partition coefficient (Wildman–Crippen LogP) is 3.95. The lowest BCUT2D eigenvalue weighted by atomic mass is 10.1. The number of carbonyl (C=O) groups excluding carboxylic acids is 1. The Morgan fingerprint density at radius 2 is 1.93 bits per heavy atom. The molecule has 2 aromatic carbocycles. The maximum atomic E-state index is 12.7. The Bertz CT molecular complexity index is 856. The number of ether oxygens (including phenoxy) is 3. The fourth-order valence-corrected chi connectivity index (χ4v) is 2.82. The predicted molar refractivity (Wildman–Crippen MR) is 104 cm³/mol. The van der Waals surface area contributed by atoms with Gasteiger partial charge in [0.15, 0.2) is 11.5 Å². The van der Waals surface area contributed by atoms with Gasteiger partial charge in [-0.05, 0) is 30.7 Å². The molecule has 8 nitrogen and oxygen atoms in total. The van der Waals surface area contributed by atoms with Crippen LogP contribution in [-0.2, 0) is 4.74 Å². The molecule has 0 saturated heterocycles. The van der Waals surface area contributed by atoms with Gasteiger partial charge in [-0.25, -0.2) is 0 Å². The van der Waals surface area contributed by atoms with Crippen molar-refractivity contribution >= 4 is 33.2 Å². The molecule has 27 heavy (non-hydrogen) atoms. The van der Waals surface area contributed by atoms with E-state index in [1.165, 1.54) is 26.4 Å². The first-order valence-corrected chi connectivity index (χ1v) is 8.72. The molecule has 0 spiro atoms. The first-order chi connectivity index (χ1) is 12.9. The molecule has 0 radical (unpaired) electrons. The first kappa shape index (κ1) is 20.7. The van der Waals surface area contributed by atoms with E-state index in [2.05, 4.69) is 21.2 Å². The number of benzene rings is 2. The van der Waals surface area contributed by atoms with E-state index in [1.54, 1.807) is 12.1 Å². The van der Waals surface area contributed by atoms with Crippen LogP contribution in [0.3, 0.4) is 0 Å². The fraction of sp³-hybridized carbons (Fsp3) is 0.278. The Kier molecular flexibility index (Phi) is 7.14. The van der Waals surface area contributed by atoms with E-state index >= 15 is 0 Å². The maximum Gasteiger partial charge on any atom is 0.286 e. The molecule has 0 aliphatic rings. The zero-order chi connectivity index (χ0) is 20.0. The average molecular weight is 439 g/mol. The van der Waals surface area contributed by atoms with E-state index < -0.39 is 10.8 Å². The summed E-state index contributed by atoms with van der Waals surface area (Å²) < 4.78 is 16.4. The van der Waals surface area contributed by atoms with Crippen LogP contribution >= 0.6 is 15.9 Å². The number of hydrogen-bond donors (Lipinski definition) is 1. The number of nitrogens with one attached hydrogen (secondary N) is 1. The lowest BCUT2D eigenvalue weighted by Gasteiger charge is -2.13. The van der Waals surface area contributed by atoms with Crippen LogP contribution in [0.5, 0.6) is 11.5 Å². The van der Waals surface area contributed by atoms with E-state index in [4.69, 9.17) is 14.2 Å². The van der Waals surface area contributed by atoms with Crippen molar-refractivity contribution in [3.63, 3.8) is 0 Å². The van der Waals surface area contributed by atoms with Crippen molar-refractivity contribution in [2.24, 2.45) is 0 Å². The van der Waals surface area contributed by atoms with Crippen LogP contribution in [0.1, 0.15) is 15.9 Å². The average Bonchev–Trinajstić information content (AvgIpc) is 2.63. The largest absolute Gasteiger partial charge is 0.493 e. The molecule has 0 bridgehead atoms. The Hall–Kier alpha value is -2.65. The van der Waals surface area contributed by atoms with Gasteiger partial charge in [0.25, 0.3) is 11.6 Å². The second-order valence-electron chi connectivity index (χ2n) is 5.53. The molecule has 144 valence electrons. The first-order valence-electron chi connectivity index (χ1n) is 7.93. The van der Waals surface area contributed by atoms with E-state index in [0.717, 1.165) is 10.0 Å². The summed E-state index contributed by atoms with van der Waals surface area (Å²) in [6, 6.07) is 7.78. The normalized spacial score (nSPS) is 10.4. The molecule has 0 atom stereocenters. The van der Waals surface area contributed by atoms with Gasteiger partial charge in [0.05, 0.1) is 24.7 Å². The number of carbonyl (C=O) groups is 1. The van der Waals surface area contributed by atoms with Crippen molar-refractivity contribution in [1.82, 2.24) is 0 Å². The standard InChI is InChI=1S/C18H19BrN2O6/c1-11-8-12(19)4-5-14(11)20-18(22)13-9-16(26-3)17(27-7-6-25-2)10-15(13)21(23)24/h4-5,8-10H,6-7H2,1-3H3,(H,20,22). The van der Waals surface area contributed by atoms with Crippen molar-refractivity contribution in [2.45, 2.75) is 6.92 Å². The number of halogens is 1. The molecule has 9 heteroatoms. The summed E-state index contributed by atoms with van der Waals surface area (Å²) >= 11 is 3.35. The number of nitro benzene ring substituents is 1. The molecule has 1 N–H and O–H groups in total. The van der Waals surface area contributed by atoms with Crippen LogP contribution in [0.15, 0.2) is 34.8 Å². The molecule has 0 fully saturated rings.